The minimum absolute atomic E-state index is 0.814. The van der Waals surface area contributed by atoms with Crippen molar-refractivity contribution in [2.24, 2.45) is 0 Å². The van der Waals surface area contributed by atoms with Crippen molar-refractivity contribution in [3.8, 4) is 0 Å². The van der Waals surface area contributed by atoms with Gasteiger partial charge in [0.25, 0.3) is 0 Å². The van der Waals surface area contributed by atoms with Crippen LogP contribution in [0.15, 0.2) is 11.6 Å². The lowest BCUT2D eigenvalue weighted by molar-refractivity contribution is 0.493. The molecule has 1 rings (SSSR count). The molecule has 0 aromatic carbocycles. The summed E-state index contributed by atoms with van der Waals surface area (Å²) in [5.41, 5.74) is 0. The number of halogens is 1. The number of hydrogen-bond donors (Lipinski definition) is 0. The van der Waals surface area contributed by atoms with Crippen LogP contribution in [0.1, 0.15) is 57.8 Å². The van der Waals surface area contributed by atoms with E-state index in [9.17, 15) is 0 Å². The van der Waals surface area contributed by atoms with E-state index in [0.29, 0.717) is 0 Å². The lowest BCUT2D eigenvalue weighted by atomic mass is 9.86. The molecule has 0 N–H and O–H groups in total. The summed E-state index contributed by atoms with van der Waals surface area (Å²) in [6, 6.07) is 0. The molecule has 13 heavy (non-hydrogen) atoms. The fourth-order valence-electron chi connectivity index (χ4n) is 1.99. The Labute approximate surface area is 87.4 Å². The minimum atomic E-state index is 0.814. The first-order valence-corrected chi connectivity index (χ1v) is 5.83. The van der Waals surface area contributed by atoms with Crippen molar-refractivity contribution >= 4 is 11.6 Å². The molecular formula is C12H20Cl. The van der Waals surface area contributed by atoms with Gasteiger partial charge in [-0.15, -0.1) is 0 Å². The normalized spacial score (nSPS) is 18.8. The first kappa shape index (κ1) is 11.1. The van der Waals surface area contributed by atoms with Crippen molar-refractivity contribution in [3.63, 3.8) is 0 Å². The van der Waals surface area contributed by atoms with E-state index in [2.05, 4.69) is 6.58 Å². The van der Waals surface area contributed by atoms with Crippen molar-refractivity contribution in [1.82, 2.24) is 0 Å². The van der Waals surface area contributed by atoms with Gasteiger partial charge in [-0.1, -0.05) is 43.9 Å². The van der Waals surface area contributed by atoms with Crippen LogP contribution >= 0.6 is 11.6 Å². The topological polar surface area (TPSA) is 0 Å². The molecule has 0 saturated heterocycles. The average Bonchev–Trinajstić information content (AvgIpc) is 2.14. The van der Waals surface area contributed by atoms with E-state index in [1.807, 2.05) is 0 Å². The molecule has 0 bridgehead atoms. The van der Waals surface area contributed by atoms with Gasteiger partial charge in [0.1, 0.15) is 0 Å². The second kappa shape index (κ2) is 6.48. The fourth-order valence-corrected chi connectivity index (χ4v) is 2.13. The standard InChI is InChI=1S/C12H20Cl/c1-11(13)7-5-6-10-12-8-3-2-4-9-12/h1-10H2. The predicted octanol–water partition coefficient (Wildman–Crippen LogP) is 4.84. The molecule has 75 valence electrons. The van der Waals surface area contributed by atoms with E-state index in [4.69, 9.17) is 11.6 Å². The lowest BCUT2D eigenvalue weighted by Gasteiger charge is -2.20. The molecule has 1 aliphatic rings. The van der Waals surface area contributed by atoms with E-state index >= 15 is 0 Å². The summed E-state index contributed by atoms with van der Waals surface area (Å²) in [5.74, 6) is 1.80. The number of rotatable bonds is 5. The first-order chi connectivity index (χ1) is 6.29. The van der Waals surface area contributed by atoms with Crippen LogP contribution in [0.4, 0.5) is 0 Å². The van der Waals surface area contributed by atoms with Gasteiger partial charge >= 0.3 is 0 Å². The third kappa shape index (κ3) is 5.36. The SMILES string of the molecule is C=C(Cl)CCCC[C]1CCCCC1. The second-order valence-corrected chi connectivity index (χ2v) is 4.57. The molecule has 1 radical (unpaired) electrons. The molecule has 0 nitrogen and oxygen atoms in total. The zero-order valence-corrected chi connectivity index (χ0v) is 9.20. The van der Waals surface area contributed by atoms with Gasteiger partial charge in [-0.25, -0.2) is 0 Å². The molecule has 1 fully saturated rings. The van der Waals surface area contributed by atoms with Crippen molar-refractivity contribution < 1.29 is 0 Å². The zero-order valence-electron chi connectivity index (χ0n) is 8.45. The van der Waals surface area contributed by atoms with E-state index in [1.165, 1.54) is 51.4 Å². The van der Waals surface area contributed by atoms with E-state index in [0.717, 1.165) is 11.5 Å². The van der Waals surface area contributed by atoms with Gasteiger partial charge in [0.05, 0.1) is 0 Å². The molecule has 1 heteroatoms. The molecule has 1 saturated carbocycles. The number of hydrogen-bond acceptors (Lipinski definition) is 0. The summed E-state index contributed by atoms with van der Waals surface area (Å²) in [6.45, 7) is 3.70. The maximum atomic E-state index is 5.70. The molecule has 0 aromatic rings. The maximum Gasteiger partial charge on any atom is 0.0109 e. The highest BCUT2D eigenvalue weighted by atomic mass is 35.5. The van der Waals surface area contributed by atoms with Gasteiger partial charge in [-0.3, -0.25) is 0 Å². The molecule has 0 atom stereocenters. The molecule has 1 aliphatic carbocycles. The molecule has 0 spiro atoms. The quantitative estimate of drug-likeness (QED) is 0.556. The summed E-state index contributed by atoms with van der Waals surface area (Å²) in [7, 11) is 0. The second-order valence-electron chi connectivity index (χ2n) is 4.04. The smallest absolute Gasteiger partial charge is 0.0109 e. The van der Waals surface area contributed by atoms with Gasteiger partial charge < -0.3 is 0 Å². The number of unbranched alkanes of at least 4 members (excludes halogenated alkanes) is 1. The average molecular weight is 200 g/mol. The Balaban J connectivity index is 1.95. The van der Waals surface area contributed by atoms with Crippen LogP contribution in [0.2, 0.25) is 0 Å². The van der Waals surface area contributed by atoms with Crippen molar-refractivity contribution in [3.05, 3.63) is 17.5 Å². The Hall–Kier alpha value is 0.0300. The Morgan fingerprint density at radius 3 is 2.46 bits per heavy atom. The third-order valence-electron chi connectivity index (χ3n) is 2.79. The van der Waals surface area contributed by atoms with Gasteiger partial charge in [0.2, 0.25) is 0 Å². The number of allylic oxidation sites excluding steroid dienone is 1. The van der Waals surface area contributed by atoms with Gasteiger partial charge in [-0.05, 0) is 38.0 Å². The summed E-state index contributed by atoms with van der Waals surface area (Å²) in [6.07, 6.45) is 11.9. The Morgan fingerprint density at radius 1 is 1.15 bits per heavy atom. The van der Waals surface area contributed by atoms with Crippen LogP contribution in [0, 0.1) is 5.92 Å². The predicted molar refractivity (Wildman–Crippen MR) is 59.8 cm³/mol. The fraction of sp³-hybridized carbons (Fsp3) is 0.750. The molecule has 0 heterocycles. The van der Waals surface area contributed by atoms with E-state index in [-0.39, 0.29) is 0 Å². The molecule has 0 unspecified atom stereocenters. The Morgan fingerprint density at radius 2 is 1.85 bits per heavy atom. The monoisotopic (exact) mass is 199 g/mol. The Bertz CT molecular complexity index is 145. The van der Waals surface area contributed by atoms with Crippen LogP contribution in [-0.2, 0) is 0 Å². The zero-order chi connectivity index (χ0) is 9.52. The van der Waals surface area contributed by atoms with E-state index in [1.54, 1.807) is 5.92 Å². The highest BCUT2D eigenvalue weighted by Gasteiger charge is 2.12. The van der Waals surface area contributed by atoms with Crippen molar-refractivity contribution in [1.29, 1.82) is 0 Å². The third-order valence-corrected chi connectivity index (χ3v) is 2.98. The largest absolute Gasteiger partial charge is 0.0898 e. The van der Waals surface area contributed by atoms with Crippen molar-refractivity contribution in [2.45, 2.75) is 57.8 Å². The molecule has 0 aromatic heterocycles. The van der Waals surface area contributed by atoms with Crippen LogP contribution in [0.5, 0.6) is 0 Å². The highest BCUT2D eigenvalue weighted by molar-refractivity contribution is 6.29. The Kier molecular flexibility index (Phi) is 5.54. The summed E-state index contributed by atoms with van der Waals surface area (Å²) < 4.78 is 0. The molecule has 0 amide bonds. The summed E-state index contributed by atoms with van der Waals surface area (Å²) in [4.78, 5) is 0. The van der Waals surface area contributed by atoms with Crippen LogP contribution < -0.4 is 0 Å². The summed E-state index contributed by atoms with van der Waals surface area (Å²) in [5, 5.41) is 0.814. The van der Waals surface area contributed by atoms with Crippen LogP contribution in [0.3, 0.4) is 0 Å². The first-order valence-electron chi connectivity index (χ1n) is 5.46. The van der Waals surface area contributed by atoms with Gasteiger partial charge in [0, 0.05) is 5.03 Å². The van der Waals surface area contributed by atoms with Crippen LogP contribution in [-0.4, -0.2) is 0 Å². The molecule has 0 aliphatic heterocycles. The summed E-state index contributed by atoms with van der Waals surface area (Å²) >= 11 is 5.70. The van der Waals surface area contributed by atoms with Gasteiger partial charge in [-0.2, -0.15) is 0 Å². The highest BCUT2D eigenvalue weighted by Crippen LogP contribution is 2.30. The van der Waals surface area contributed by atoms with Crippen LogP contribution in [0.25, 0.3) is 0 Å². The van der Waals surface area contributed by atoms with Gasteiger partial charge in [0.15, 0.2) is 0 Å². The van der Waals surface area contributed by atoms with E-state index < -0.39 is 0 Å². The lowest BCUT2D eigenvalue weighted by Crippen LogP contribution is -2.03. The van der Waals surface area contributed by atoms with Crippen molar-refractivity contribution in [2.75, 3.05) is 0 Å². The molecular weight excluding hydrogens is 180 g/mol. The minimum Gasteiger partial charge on any atom is -0.0898 e. The maximum absolute atomic E-state index is 5.70.